The van der Waals surface area contributed by atoms with Gasteiger partial charge in [-0.25, -0.2) is 9.89 Å². The molecule has 3 heterocycles. The van der Waals surface area contributed by atoms with E-state index in [1.54, 1.807) is 11.3 Å². The van der Waals surface area contributed by atoms with Gasteiger partial charge in [-0.3, -0.25) is 19.4 Å². The average Bonchev–Trinajstić information content (AvgIpc) is 3.50. The Morgan fingerprint density at radius 1 is 1.09 bits per heavy atom. The molecule has 5 rings (SSSR count). The molecule has 1 aliphatic carbocycles. The lowest BCUT2D eigenvalue weighted by Gasteiger charge is -2.26. The van der Waals surface area contributed by atoms with E-state index in [0.29, 0.717) is 23.2 Å². The largest absolute Gasteiger partial charge is 0.353 e. The summed E-state index contributed by atoms with van der Waals surface area (Å²) in [4.78, 5) is 50.3. The standard InChI is InChI=1S/C25H27N5O3S2/c31-21(26-14-17-9-6-12-34-17)13-20-24(33)30-23(28-20)18-10-4-5-11-19(18)29-25(30)35-15-22(32)27-16-7-2-1-3-8-16/h4-6,9-12,16,20H,1-3,7-8,13-15H2,(H,26,31)(H,27,32)/t20-/m1/s1. The molecule has 1 aromatic carbocycles. The third-order valence-electron chi connectivity index (χ3n) is 6.27. The third-order valence-corrected chi connectivity index (χ3v) is 8.08. The van der Waals surface area contributed by atoms with Crippen molar-refractivity contribution in [3.05, 3.63) is 52.2 Å². The Morgan fingerprint density at radius 2 is 1.91 bits per heavy atom. The SMILES string of the molecule is O=C(C[C@H]1N=C2c3ccccc3N=C(SCC(=O)NC3CCCCC3)N2C1=O)NCc1cccs1. The van der Waals surface area contributed by atoms with Crippen LogP contribution in [0.15, 0.2) is 51.8 Å². The fourth-order valence-corrected chi connectivity index (χ4v) is 5.98. The zero-order chi connectivity index (χ0) is 24.2. The molecule has 2 N–H and O–H groups in total. The Hall–Kier alpha value is -2.98. The van der Waals surface area contributed by atoms with Gasteiger partial charge in [0.25, 0.3) is 5.91 Å². The lowest BCUT2D eigenvalue weighted by Crippen LogP contribution is -2.43. The van der Waals surface area contributed by atoms with Gasteiger partial charge in [-0.05, 0) is 36.4 Å². The highest BCUT2D eigenvalue weighted by atomic mass is 32.2. The molecule has 3 aliphatic rings. The first-order valence-electron chi connectivity index (χ1n) is 11.9. The van der Waals surface area contributed by atoms with E-state index in [9.17, 15) is 14.4 Å². The average molecular weight is 510 g/mol. The smallest absolute Gasteiger partial charge is 0.259 e. The van der Waals surface area contributed by atoms with Crippen LogP contribution in [0.4, 0.5) is 5.69 Å². The minimum absolute atomic E-state index is 0.0352. The van der Waals surface area contributed by atoms with Gasteiger partial charge in [0, 0.05) is 16.5 Å². The molecular weight excluding hydrogens is 482 g/mol. The molecule has 35 heavy (non-hydrogen) atoms. The molecule has 2 aliphatic heterocycles. The van der Waals surface area contributed by atoms with Crippen LogP contribution in [-0.4, -0.2) is 51.5 Å². The van der Waals surface area contributed by atoms with Crippen molar-refractivity contribution in [3.63, 3.8) is 0 Å². The molecule has 0 bridgehead atoms. The zero-order valence-corrected chi connectivity index (χ0v) is 20.9. The molecule has 1 fully saturated rings. The van der Waals surface area contributed by atoms with E-state index in [4.69, 9.17) is 0 Å². The first-order valence-corrected chi connectivity index (χ1v) is 13.8. The van der Waals surface area contributed by atoms with Crippen LogP contribution >= 0.6 is 23.1 Å². The van der Waals surface area contributed by atoms with Crippen molar-refractivity contribution in [1.29, 1.82) is 0 Å². The van der Waals surface area contributed by atoms with E-state index in [2.05, 4.69) is 20.6 Å². The van der Waals surface area contributed by atoms with Crippen molar-refractivity contribution in [2.24, 2.45) is 9.98 Å². The predicted octanol–water partition coefficient (Wildman–Crippen LogP) is 3.60. The number of hydrogen-bond acceptors (Lipinski definition) is 7. The van der Waals surface area contributed by atoms with Crippen molar-refractivity contribution in [3.8, 4) is 0 Å². The van der Waals surface area contributed by atoms with Gasteiger partial charge in [0.05, 0.1) is 24.4 Å². The molecule has 0 unspecified atom stereocenters. The van der Waals surface area contributed by atoms with Crippen LogP contribution < -0.4 is 10.6 Å². The Balaban J connectivity index is 1.27. The first kappa shape index (κ1) is 23.7. The summed E-state index contributed by atoms with van der Waals surface area (Å²) in [5, 5.41) is 8.35. The number of nitrogens with one attached hydrogen (secondary N) is 2. The number of benzene rings is 1. The number of rotatable bonds is 7. The fourth-order valence-electron chi connectivity index (χ4n) is 4.52. The van der Waals surface area contributed by atoms with Crippen LogP contribution in [0, 0.1) is 0 Å². The number of carbonyl (C=O) groups excluding carboxylic acids is 3. The monoisotopic (exact) mass is 509 g/mol. The summed E-state index contributed by atoms with van der Waals surface area (Å²) in [6.45, 7) is 0.430. The van der Waals surface area contributed by atoms with Crippen molar-refractivity contribution in [2.75, 3.05) is 5.75 Å². The maximum Gasteiger partial charge on any atom is 0.259 e. The lowest BCUT2D eigenvalue weighted by molar-refractivity contribution is -0.128. The third kappa shape index (κ3) is 5.48. The Bertz CT molecular complexity index is 1170. The number of aliphatic imine (C=N–C) groups is 2. The van der Waals surface area contributed by atoms with Gasteiger partial charge in [0.15, 0.2) is 5.17 Å². The summed E-state index contributed by atoms with van der Waals surface area (Å²) >= 11 is 2.80. The minimum atomic E-state index is -0.818. The second kappa shape index (κ2) is 10.7. The Kier molecular flexibility index (Phi) is 7.29. The van der Waals surface area contributed by atoms with Gasteiger partial charge in [0.2, 0.25) is 11.8 Å². The van der Waals surface area contributed by atoms with E-state index >= 15 is 0 Å². The number of fused-ring (bicyclic) bond motifs is 3. The summed E-state index contributed by atoms with van der Waals surface area (Å²) < 4.78 is 0. The molecule has 8 nitrogen and oxygen atoms in total. The summed E-state index contributed by atoms with van der Waals surface area (Å²) in [5.41, 5.74) is 1.45. The number of thioether (sulfide) groups is 1. The van der Waals surface area contributed by atoms with Gasteiger partial charge in [-0.15, -0.1) is 11.3 Å². The van der Waals surface area contributed by atoms with Gasteiger partial charge >= 0.3 is 0 Å². The number of carbonyl (C=O) groups is 3. The zero-order valence-electron chi connectivity index (χ0n) is 19.2. The molecule has 10 heteroatoms. The number of amidine groups is 2. The lowest BCUT2D eigenvalue weighted by atomic mass is 9.95. The van der Waals surface area contributed by atoms with Crippen LogP contribution in [0.25, 0.3) is 0 Å². The minimum Gasteiger partial charge on any atom is -0.353 e. The highest BCUT2D eigenvalue weighted by molar-refractivity contribution is 8.14. The molecule has 2 aromatic rings. The number of thiophene rings is 1. The van der Waals surface area contributed by atoms with Gasteiger partial charge in [-0.1, -0.05) is 49.2 Å². The maximum atomic E-state index is 13.3. The van der Waals surface area contributed by atoms with Crippen molar-refractivity contribution in [2.45, 2.75) is 57.2 Å². The molecule has 1 atom stereocenters. The van der Waals surface area contributed by atoms with Crippen LogP contribution in [0.5, 0.6) is 0 Å². The number of amides is 3. The Labute approximate surface area is 212 Å². The number of hydrogen-bond donors (Lipinski definition) is 2. The predicted molar refractivity (Wildman–Crippen MR) is 139 cm³/mol. The van der Waals surface area contributed by atoms with E-state index in [0.717, 1.165) is 36.1 Å². The molecule has 0 spiro atoms. The molecule has 1 saturated carbocycles. The number of para-hydroxylation sites is 1. The van der Waals surface area contributed by atoms with E-state index in [1.807, 2.05) is 41.8 Å². The van der Waals surface area contributed by atoms with Gasteiger partial charge in [-0.2, -0.15) is 0 Å². The highest BCUT2D eigenvalue weighted by Crippen LogP contribution is 2.34. The summed E-state index contributed by atoms with van der Waals surface area (Å²) in [6.07, 6.45) is 5.51. The fraction of sp³-hybridized carbons (Fsp3) is 0.400. The maximum absolute atomic E-state index is 13.3. The van der Waals surface area contributed by atoms with Crippen LogP contribution in [0.1, 0.15) is 49.0 Å². The molecule has 0 radical (unpaired) electrons. The summed E-state index contributed by atoms with van der Waals surface area (Å²) in [7, 11) is 0. The summed E-state index contributed by atoms with van der Waals surface area (Å²) in [6, 6.07) is 10.8. The van der Waals surface area contributed by atoms with Crippen LogP contribution in [0.2, 0.25) is 0 Å². The summed E-state index contributed by atoms with van der Waals surface area (Å²) in [5.74, 6) is 0.0810. The molecule has 0 saturated heterocycles. The van der Waals surface area contributed by atoms with Crippen molar-refractivity contribution < 1.29 is 14.4 Å². The topological polar surface area (TPSA) is 103 Å². The van der Waals surface area contributed by atoms with Gasteiger partial charge < -0.3 is 10.6 Å². The molecule has 3 amide bonds. The van der Waals surface area contributed by atoms with Crippen LogP contribution in [0.3, 0.4) is 0 Å². The van der Waals surface area contributed by atoms with Crippen molar-refractivity contribution >= 4 is 57.5 Å². The first-order chi connectivity index (χ1) is 17.1. The Morgan fingerprint density at radius 3 is 2.71 bits per heavy atom. The van der Waals surface area contributed by atoms with Crippen LogP contribution in [-0.2, 0) is 20.9 Å². The second-order valence-electron chi connectivity index (χ2n) is 8.81. The molecule has 182 valence electrons. The van der Waals surface area contributed by atoms with E-state index in [1.165, 1.54) is 23.1 Å². The van der Waals surface area contributed by atoms with Crippen molar-refractivity contribution in [1.82, 2.24) is 15.5 Å². The van der Waals surface area contributed by atoms with Gasteiger partial charge in [0.1, 0.15) is 11.9 Å². The van der Waals surface area contributed by atoms with E-state index in [-0.39, 0.29) is 35.9 Å². The molecule has 1 aromatic heterocycles. The second-order valence-corrected chi connectivity index (χ2v) is 10.8. The highest BCUT2D eigenvalue weighted by Gasteiger charge is 2.42. The normalized spacial score (nSPS) is 19.5. The quantitative estimate of drug-likeness (QED) is 0.595. The van der Waals surface area contributed by atoms with E-state index < -0.39 is 6.04 Å². The molecular formula is C25H27N5O3S2. The number of nitrogens with zero attached hydrogens (tertiary/aromatic N) is 3.